The zero-order chi connectivity index (χ0) is 20.4. The largest absolute Gasteiger partial charge is 0.404 e. The lowest BCUT2D eigenvalue weighted by Crippen LogP contribution is -2.45. The molecule has 0 amide bonds. The van der Waals surface area contributed by atoms with Crippen molar-refractivity contribution in [2.75, 3.05) is 13.1 Å². The highest BCUT2D eigenvalue weighted by molar-refractivity contribution is 6.11. The Hall–Kier alpha value is -3.05. The molecule has 4 nitrogen and oxygen atoms in total. The third kappa shape index (κ3) is 3.66. The Morgan fingerprint density at radius 2 is 2.10 bits per heavy atom. The summed E-state index contributed by atoms with van der Waals surface area (Å²) in [6.45, 7) is 8.22. The summed E-state index contributed by atoms with van der Waals surface area (Å²) in [6.07, 6.45) is 7.20. The van der Waals surface area contributed by atoms with E-state index in [1.54, 1.807) is 18.3 Å². The van der Waals surface area contributed by atoms with Crippen molar-refractivity contribution in [1.82, 2.24) is 10.3 Å². The van der Waals surface area contributed by atoms with Gasteiger partial charge in [0, 0.05) is 18.2 Å². The first kappa shape index (κ1) is 19.3. The number of aromatic nitrogens is 1. The Morgan fingerprint density at radius 3 is 2.83 bits per heavy atom. The Kier molecular flexibility index (Phi) is 5.16. The quantitative estimate of drug-likeness (QED) is 0.816. The van der Waals surface area contributed by atoms with Gasteiger partial charge in [0.05, 0.1) is 17.1 Å². The van der Waals surface area contributed by atoms with Crippen molar-refractivity contribution in [2.45, 2.75) is 19.8 Å². The second kappa shape index (κ2) is 7.76. The first-order valence-corrected chi connectivity index (χ1v) is 9.81. The van der Waals surface area contributed by atoms with Crippen molar-refractivity contribution in [3.8, 4) is 0 Å². The molecule has 1 saturated heterocycles. The molecule has 2 aromatic rings. The number of halogens is 1. The number of hydrogen-bond donors (Lipinski definition) is 2. The van der Waals surface area contributed by atoms with Crippen LogP contribution < -0.4 is 11.1 Å². The van der Waals surface area contributed by atoms with Crippen LogP contribution in [0.3, 0.4) is 0 Å². The lowest BCUT2D eigenvalue weighted by Gasteiger charge is -2.45. The van der Waals surface area contributed by atoms with Gasteiger partial charge in [-0.25, -0.2) is 9.38 Å². The van der Waals surface area contributed by atoms with Gasteiger partial charge in [0.15, 0.2) is 0 Å². The van der Waals surface area contributed by atoms with Crippen LogP contribution in [-0.2, 0) is 0 Å². The van der Waals surface area contributed by atoms with E-state index in [1.165, 1.54) is 17.7 Å². The average Bonchev–Trinajstić information content (AvgIpc) is 2.74. The third-order valence-corrected chi connectivity index (χ3v) is 5.82. The minimum absolute atomic E-state index is 0.272. The number of aryl methyl sites for hydroxylation is 1. The van der Waals surface area contributed by atoms with Gasteiger partial charge in [0.1, 0.15) is 5.82 Å². The van der Waals surface area contributed by atoms with Gasteiger partial charge >= 0.3 is 0 Å². The maximum Gasteiger partial charge on any atom is 0.123 e. The standard InChI is InChI=1S/C24H25FN4/c1-16-7-10-28-22(11-16)17(2)24-13-18(14-26)23(12-19(24)8-9-27-15-24)29-21-5-3-20(25)4-6-21/h3-7,10-12,14,27H,2,8-9,13,15,26H2,1H3. The van der Waals surface area contributed by atoms with Gasteiger partial charge in [0.25, 0.3) is 0 Å². The highest BCUT2D eigenvalue weighted by Gasteiger charge is 2.43. The molecule has 4 rings (SSSR count). The van der Waals surface area contributed by atoms with Crippen molar-refractivity contribution in [1.29, 1.82) is 0 Å². The molecule has 1 aromatic heterocycles. The molecule has 29 heavy (non-hydrogen) atoms. The van der Waals surface area contributed by atoms with E-state index in [1.807, 2.05) is 12.3 Å². The summed E-state index contributed by atoms with van der Waals surface area (Å²) in [5, 5.41) is 3.53. The summed E-state index contributed by atoms with van der Waals surface area (Å²) >= 11 is 0. The first-order chi connectivity index (χ1) is 14.0. The van der Waals surface area contributed by atoms with E-state index < -0.39 is 0 Å². The molecule has 0 bridgehead atoms. The molecule has 2 aliphatic rings. The molecule has 3 N–H and O–H groups in total. The topological polar surface area (TPSA) is 63.3 Å². The van der Waals surface area contributed by atoms with Crippen molar-refractivity contribution in [2.24, 2.45) is 16.1 Å². The Balaban J connectivity index is 1.79. The second-order valence-corrected chi connectivity index (χ2v) is 7.72. The van der Waals surface area contributed by atoms with Crippen molar-refractivity contribution < 1.29 is 4.39 Å². The van der Waals surface area contributed by atoms with E-state index in [9.17, 15) is 4.39 Å². The van der Waals surface area contributed by atoms with Crippen molar-refractivity contribution in [3.05, 3.63) is 89.7 Å². The van der Waals surface area contributed by atoms with Crippen molar-refractivity contribution in [3.63, 3.8) is 0 Å². The van der Waals surface area contributed by atoms with Crippen LogP contribution in [-0.4, -0.2) is 23.8 Å². The van der Waals surface area contributed by atoms with Gasteiger partial charge in [-0.3, -0.25) is 4.98 Å². The fourth-order valence-corrected chi connectivity index (χ4v) is 4.19. The van der Waals surface area contributed by atoms with Gasteiger partial charge in [-0.1, -0.05) is 12.2 Å². The molecule has 0 spiro atoms. The zero-order valence-electron chi connectivity index (χ0n) is 16.6. The van der Waals surface area contributed by atoms with Crippen LogP contribution in [0, 0.1) is 18.2 Å². The van der Waals surface area contributed by atoms with E-state index in [0.717, 1.165) is 47.6 Å². The Bertz CT molecular complexity index is 1030. The molecule has 0 radical (unpaired) electrons. The van der Waals surface area contributed by atoms with Gasteiger partial charge in [-0.2, -0.15) is 0 Å². The number of nitrogens with two attached hydrogens (primary N) is 1. The SMILES string of the molecule is C=C(c1cc(C)ccn1)C12CNCCC1=CC(=Nc1ccc(F)cc1)C(=CN)C2. The van der Waals surface area contributed by atoms with Gasteiger partial charge < -0.3 is 11.1 Å². The molecule has 1 atom stereocenters. The second-order valence-electron chi connectivity index (χ2n) is 7.72. The Morgan fingerprint density at radius 1 is 1.31 bits per heavy atom. The summed E-state index contributed by atoms with van der Waals surface area (Å²) in [5.74, 6) is -0.273. The van der Waals surface area contributed by atoms with Gasteiger partial charge in [-0.05, 0) is 91.7 Å². The first-order valence-electron chi connectivity index (χ1n) is 9.81. The summed E-state index contributed by atoms with van der Waals surface area (Å²) < 4.78 is 13.2. The number of fused-ring (bicyclic) bond motifs is 1. The fraction of sp³-hybridized carbons (Fsp3) is 0.250. The lowest BCUT2D eigenvalue weighted by atomic mass is 9.63. The van der Waals surface area contributed by atoms with Crippen molar-refractivity contribution >= 4 is 17.0 Å². The average molecular weight is 388 g/mol. The van der Waals surface area contributed by atoms with E-state index in [2.05, 4.69) is 35.9 Å². The van der Waals surface area contributed by atoms with Crippen LogP contribution >= 0.6 is 0 Å². The summed E-state index contributed by atoms with van der Waals surface area (Å²) in [6, 6.07) is 10.3. The molecular weight excluding hydrogens is 363 g/mol. The number of nitrogens with one attached hydrogen (secondary N) is 1. The smallest absolute Gasteiger partial charge is 0.123 e. The highest BCUT2D eigenvalue weighted by Crippen LogP contribution is 2.50. The van der Waals surface area contributed by atoms with Crippen LogP contribution in [0.1, 0.15) is 24.1 Å². The third-order valence-electron chi connectivity index (χ3n) is 5.82. The molecule has 1 fully saturated rings. The van der Waals surface area contributed by atoms with Crippen LogP contribution in [0.4, 0.5) is 10.1 Å². The number of hydrogen-bond acceptors (Lipinski definition) is 4. The molecule has 2 heterocycles. The molecule has 1 unspecified atom stereocenters. The molecule has 5 heteroatoms. The molecular formula is C24H25FN4. The minimum Gasteiger partial charge on any atom is -0.404 e. The van der Waals surface area contributed by atoms with Gasteiger partial charge in [0.2, 0.25) is 0 Å². The Labute approximate surface area is 170 Å². The molecule has 0 saturated carbocycles. The number of benzene rings is 1. The number of nitrogens with zero attached hydrogens (tertiary/aromatic N) is 2. The van der Waals surface area contributed by atoms with Gasteiger partial charge in [-0.15, -0.1) is 0 Å². The minimum atomic E-state index is -0.273. The normalized spacial score (nSPS) is 24.3. The predicted octanol–water partition coefficient (Wildman–Crippen LogP) is 4.47. The van der Waals surface area contributed by atoms with E-state index in [4.69, 9.17) is 10.7 Å². The molecule has 148 valence electrons. The zero-order valence-corrected chi connectivity index (χ0v) is 16.6. The molecule has 1 aromatic carbocycles. The van der Waals surface area contributed by atoms with Crippen LogP contribution in [0.25, 0.3) is 5.57 Å². The number of rotatable bonds is 3. The number of pyridine rings is 1. The maximum absolute atomic E-state index is 13.2. The van der Waals surface area contributed by atoms with E-state index in [0.29, 0.717) is 12.1 Å². The van der Waals surface area contributed by atoms with Crippen LogP contribution in [0.2, 0.25) is 0 Å². The summed E-state index contributed by atoms with van der Waals surface area (Å²) in [5.41, 5.74) is 12.6. The fourth-order valence-electron chi connectivity index (χ4n) is 4.19. The highest BCUT2D eigenvalue weighted by atomic mass is 19.1. The summed E-state index contributed by atoms with van der Waals surface area (Å²) in [7, 11) is 0. The monoisotopic (exact) mass is 388 g/mol. The van der Waals surface area contributed by atoms with Crippen LogP contribution in [0.15, 0.2) is 77.6 Å². The number of piperidine rings is 1. The summed E-state index contributed by atoms with van der Waals surface area (Å²) in [4.78, 5) is 9.31. The van der Waals surface area contributed by atoms with Crippen LogP contribution in [0.5, 0.6) is 0 Å². The predicted molar refractivity (Wildman–Crippen MR) is 116 cm³/mol. The number of allylic oxidation sites excluding steroid dienone is 2. The van der Waals surface area contributed by atoms with E-state index >= 15 is 0 Å². The number of aliphatic imine (C=N–C) groups is 1. The molecule has 1 aliphatic heterocycles. The molecule has 1 aliphatic carbocycles. The lowest BCUT2D eigenvalue weighted by molar-refractivity contribution is 0.379. The van der Waals surface area contributed by atoms with E-state index in [-0.39, 0.29) is 11.2 Å². The maximum atomic E-state index is 13.2.